The zero-order valence-corrected chi connectivity index (χ0v) is 14.5. The van der Waals surface area contributed by atoms with Gasteiger partial charge in [0.15, 0.2) is 5.67 Å². The van der Waals surface area contributed by atoms with E-state index < -0.39 is 5.67 Å². The lowest BCUT2D eigenvalue weighted by Gasteiger charge is -2.36. The summed E-state index contributed by atoms with van der Waals surface area (Å²) in [6, 6.07) is 7.42. The molecule has 134 valence electrons. The van der Waals surface area contributed by atoms with Crippen molar-refractivity contribution in [3.8, 4) is 5.75 Å². The molecule has 0 bridgehead atoms. The second-order valence-electron chi connectivity index (χ2n) is 7.65. The molecule has 1 aromatic rings. The van der Waals surface area contributed by atoms with Gasteiger partial charge in [0.1, 0.15) is 5.75 Å². The van der Waals surface area contributed by atoms with Crippen LogP contribution < -0.4 is 9.64 Å². The van der Waals surface area contributed by atoms with E-state index in [1.165, 1.54) is 0 Å². The molecule has 0 N–H and O–H groups in total. The van der Waals surface area contributed by atoms with Crippen LogP contribution in [0.3, 0.4) is 0 Å². The number of rotatable bonds is 3. The fraction of sp³-hybridized carbons (Fsp3) is 0.579. The molecule has 1 saturated carbocycles. The van der Waals surface area contributed by atoms with Gasteiger partial charge in [0, 0.05) is 37.2 Å². The Kier molecular flexibility index (Phi) is 3.74. The average molecular weight is 346 g/mol. The topological polar surface area (TPSA) is 49.9 Å². The molecule has 2 heterocycles. The van der Waals surface area contributed by atoms with Gasteiger partial charge in [-0.05, 0) is 49.9 Å². The van der Waals surface area contributed by atoms with Gasteiger partial charge in [-0.15, -0.1) is 0 Å². The lowest BCUT2D eigenvalue weighted by molar-refractivity contribution is -0.149. The zero-order chi connectivity index (χ0) is 17.7. The minimum Gasteiger partial charge on any atom is -0.497 e. The van der Waals surface area contributed by atoms with Crippen molar-refractivity contribution in [2.24, 2.45) is 5.41 Å². The summed E-state index contributed by atoms with van der Waals surface area (Å²) < 4.78 is 19.6. The van der Waals surface area contributed by atoms with E-state index in [0.29, 0.717) is 38.9 Å². The second kappa shape index (κ2) is 5.71. The van der Waals surface area contributed by atoms with Crippen molar-refractivity contribution in [3.63, 3.8) is 0 Å². The molecule has 1 aliphatic carbocycles. The number of amides is 2. The summed E-state index contributed by atoms with van der Waals surface area (Å²) in [6.07, 6.45) is 2.64. The number of hydrogen-bond acceptors (Lipinski definition) is 3. The van der Waals surface area contributed by atoms with E-state index in [9.17, 15) is 14.0 Å². The molecular weight excluding hydrogens is 323 g/mol. The van der Waals surface area contributed by atoms with Gasteiger partial charge < -0.3 is 14.5 Å². The van der Waals surface area contributed by atoms with Crippen molar-refractivity contribution in [2.75, 3.05) is 31.6 Å². The van der Waals surface area contributed by atoms with Crippen LogP contribution in [0.1, 0.15) is 32.1 Å². The van der Waals surface area contributed by atoms with Crippen LogP contribution in [0.2, 0.25) is 0 Å². The van der Waals surface area contributed by atoms with Crippen molar-refractivity contribution in [3.05, 3.63) is 24.3 Å². The van der Waals surface area contributed by atoms with Gasteiger partial charge >= 0.3 is 0 Å². The monoisotopic (exact) mass is 346 g/mol. The Labute approximate surface area is 146 Å². The fourth-order valence-corrected chi connectivity index (χ4v) is 4.26. The number of nitrogens with zero attached hydrogens (tertiary/aromatic N) is 2. The molecule has 1 aromatic carbocycles. The van der Waals surface area contributed by atoms with E-state index in [4.69, 9.17) is 4.74 Å². The Bertz CT molecular complexity index is 701. The molecule has 6 heteroatoms. The predicted molar refractivity (Wildman–Crippen MR) is 91.3 cm³/mol. The van der Waals surface area contributed by atoms with E-state index >= 15 is 0 Å². The van der Waals surface area contributed by atoms with Crippen molar-refractivity contribution < 1.29 is 18.7 Å². The van der Waals surface area contributed by atoms with Crippen LogP contribution in [0.25, 0.3) is 0 Å². The van der Waals surface area contributed by atoms with E-state index in [1.54, 1.807) is 16.9 Å². The summed E-state index contributed by atoms with van der Waals surface area (Å²) in [5.74, 6) is 0.445. The smallest absolute Gasteiger partial charge is 0.260 e. The minimum atomic E-state index is -1.65. The third-order valence-corrected chi connectivity index (χ3v) is 5.96. The number of anilines is 1. The second-order valence-corrected chi connectivity index (χ2v) is 7.65. The van der Waals surface area contributed by atoms with Crippen LogP contribution in [0.5, 0.6) is 5.75 Å². The Morgan fingerprint density at radius 1 is 1.16 bits per heavy atom. The maximum Gasteiger partial charge on any atom is 0.260 e. The summed E-state index contributed by atoms with van der Waals surface area (Å²) in [4.78, 5) is 28.4. The highest BCUT2D eigenvalue weighted by atomic mass is 19.1. The summed E-state index contributed by atoms with van der Waals surface area (Å²) >= 11 is 0. The van der Waals surface area contributed by atoms with Gasteiger partial charge in [0.2, 0.25) is 5.91 Å². The number of carbonyl (C=O) groups is 2. The molecule has 2 amide bonds. The third-order valence-electron chi connectivity index (χ3n) is 5.96. The summed E-state index contributed by atoms with van der Waals surface area (Å²) in [5.41, 5.74) is -1.05. The van der Waals surface area contributed by atoms with E-state index in [2.05, 4.69) is 0 Å². The van der Waals surface area contributed by atoms with Gasteiger partial charge in [-0.25, -0.2) is 4.39 Å². The first kappa shape index (κ1) is 16.4. The van der Waals surface area contributed by atoms with Crippen molar-refractivity contribution in [2.45, 2.75) is 37.8 Å². The highest BCUT2D eigenvalue weighted by molar-refractivity contribution is 5.96. The Morgan fingerprint density at radius 2 is 1.88 bits per heavy atom. The average Bonchev–Trinajstić information content (AvgIpc) is 3.15. The van der Waals surface area contributed by atoms with E-state index in [1.807, 2.05) is 24.3 Å². The third kappa shape index (κ3) is 2.68. The molecule has 2 saturated heterocycles. The van der Waals surface area contributed by atoms with E-state index in [0.717, 1.165) is 24.3 Å². The SMILES string of the molecule is COc1ccc(N2CC3(CCN(C(=O)C4(F)CCC4)C3)CC2=O)cc1. The number of halogens is 1. The standard InChI is InChI=1S/C19H23FN2O3/c1-25-15-5-3-14(4-6-15)22-13-18(11-16(22)23)9-10-21(12-18)17(24)19(20)7-2-8-19/h3-6H,2,7-13H2,1H3. The zero-order valence-electron chi connectivity index (χ0n) is 14.5. The van der Waals surface area contributed by atoms with Crippen LogP contribution in [0.4, 0.5) is 10.1 Å². The molecule has 3 fully saturated rings. The van der Waals surface area contributed by atoms with Gasteiger partial charge in [0.05, 0.1) is 7.11 Å². The largest absolute Gasteiger partial charge is 0.497 e. The summed E-state index contributed by atoms with van der Waals surface area (Å²) in [7, 11) is 1.61. The van der Waals surface area contributed by atoms with Gasteiger partial charge in [0.25, 0.3) is 5.91 Å². The number of hydrogen-bond donors (Lipinski definition) is 0. The quantitative estimate of drug-likeness (QED) is 0.845. The molecule has 1 atom stereocenters. The van der Waals surface area contributed by atoms with Crippen molar-refractivity contribution in [1.82, 2.24) is 4.90 Å². The lowest BCUT2D eigenvalue weighted by Crippen LogP contribution is -2.50. The van der Waals surface area contributed by atoms with Crippen molar-refractivity contribution >= 4 is 17.5 Å². The fourth-order valence-electron chi connectivity index (χ4n) is 4.26. The Hall–Kier alpha value is -2.11. The molecule has 3 aliphatic rings. The molecule has 0 aromatic heterocycles. The van der Waals surface area contributed by atoms with Crippen LogP contribution >= 0.6 is 0 Å². The maximum atomic E-state index is 14.4. The molecule has 1 unspecified atom stereocenters. The molecule has 1 spiro atoms. The summed E-state index contributed by atoms with van der Waals surface area (Å²) in [5, 5.41) is 0. The first-order valence-corrected chi connectivity index (χ1v) is 8.88. The Morgan fingerprint density at radius 3 is 2.48 bits per heavy atom. The van der Waals surface area contributed by atoms with Gasteiger partial charge in [-0.2, -0.15) is 0 Å². The molecule has 25 heavy (non-hydrogen) atoms. The van der Waals surface area contributed by atoms with Gasteiger partial charge in [-0.3, -0.25) is 9.59 Å². The minimum absolute atomic E-state index is 0.0677. The highest BCUT2D eigenvalue weighted by Gasteiger charge is 2.53. The van der Waals surface area contributed by atoms with Crippen LogP contribution in [-0.2, 0) is 9.59 Å². The first-order chi connectivity index (χ1) is 11.9. The molecule has 4 rings (SSSR count). The lowest BCUT2D eigenvalue weighted by atomic mass is 9.81. The normalized spacial score (nSPS) is 27.7. The summed E-state index contributed by atoms with van der Waals surface area (Å²) in [6.45, 7) is 1.62. The van der Waals surface area contributed by atoms with Crippen LogP contribution in [0, 0.1) is 5.41 Å². The molecule has 2 aliphatic heterocycles. The number of alkyl halides is 1. The maximum absolute atomic E-state index is 14.4. The van der Waals surface area contributed by atoms with Gasteiger partial charge in [-0.1, -0.05) is 0 Å². The molecule has 5 nitrogen and oxygen atoms in total. The first-order valence-electron chi connectivity index (χ1n) is 8.88. The highest BCUT2D eigenvalue weighted by Crippen LogP contribution is 2.45. The van der Waals surface area contributed by atoms with E-state index in [-0.39, 0.29) is 17.2 Å². The molecule has 0 radical (unpaired) electrons. The predicted octanol–water partition coefficient (Wildman–Crippen LogP) is 2.54. The number of carbonyl (C=O) groups excluding carboxylic acids is 2. The number of likely N-dealkylation sites (tertiary alicyclic amines) is 1. The van der Waals surface area contributed by atoms with Crippen molar-refractivity contribution in [1.29, 1.82) is 0 Å². The van der Waals surface area contributed by atoms with Crippen LogP contribution in [0.15, 0.2) is 24.3 Å². The number of benzene rings is 1. The van der Waals surface area contributed by atoms with Crippen LogP contribution in [-0.4, -0.2) is 49.1 Å². The molecular formula is C19H23FN2O3. The Balaban J connectivity index is 1.47. The number of ether oxygens (including phenoxy) is 1. The number of methoxy groups -OCH3 is 1.